The molecule has 16 heavy (non-hydrogen) atoms. The molecule has 0 atom stereocenters. The first-order valence-corrected chi connectivity index (χ1v) is 5.43. The van der Waals surface area contributed by atoms with Crippen LogP contribution in [0, 0.1) is 11.3 Å². The number of ether oxygens (including phenoxy) is 1. The van der Waals surface area contributed by atoms with Crippen molar-refractivity contribution in [3.63, 3.8) is 0 Å². The van der Waals surface area contributed by atoms with Crippen LogP contribution in [-0.4, -0.2) is 17.7 Å². The predicted molar refractivity (Wildman–Crippen MR) is 60.7 cm³/mol. The summed E-state index contributed by atoms with van der Waals surface area (Å²) in [5.74, 6) is -0.513. The van der Waals surface area contributed by atoms with Crippen LogP contribution in [0.3, 0.4) is 0 Å². The molecule has 0 unspecified atom stereocenters. The van der Waals surface area contributed by atoms with Crippen LogP contribution in [-0.2, 0) is 11.3 Å². The van der Waals surface area contributed by atoms with Crippen LogP contribution < -0.4 is 0 Å². The van der Waals surface area contributed by atoms with Crippen molar-refractivity contribution in [3.8, 4) is 6.07 Å². The monoisotopic (exact) mass is 283 g/mol. The minimum absolute atomic E-state index is 0.228. The molecule has 1 aromatic rings. The molecule has 1 rings (SSSR count). The molecule has 0 aromatic heterocycles. The van der Waals surface area contributed by atoms with Gasteiger partial charge in [0.25, 0.3) is 0 Å². The van der Waals surface area contributed by atoms with Crippen molar-refractivity contribution in [2.24, 2.45) is 0 Å². The predicted octanol–water partition coefficient (Wildman–Crippen LogP) is 1.99. The zero-order chi connectivity index (χ0) is 12.1. The van der Waals surface area contributed by atoms with Gasteiger partial charge in [-0.2, -0.15) is 5.26 Å². The van der Waals surface area contributed by atoms with Gasteiger partial charge >= 0.3 is 5.97 Å². The topological polar surface area (TPSA) is 70.3 Å². The van der Waals surface area contributed by atoms with E-state index >= 15 is 0 Å². The van der Waals surface area contributed by atoms with Crippen molar-refractivity contribution in [2.45, 2.75) is 13.5 Å². The van der Waals surface area contributed by atoms with Gasteiger partial charge < -0.3 is 9.84 Å². The quantitative estimate of drug-likeness (QED) is 0.862. The van der Waals surface area contributed by atoms with Crippen LogP contribution in [0.1, 0.15) is 28.4 Å². The lowest BCUT2D eigenvalue weighted by Crippen LogP contribution is -2.07. The van der Waals surface area contributed by atoms with Crippen molar-refractivity contribution in [2.75, 3.05) is 6.61 Å². The largest absolute Gasteiger partial charge is 0.462 e. The lowest BCUT2D eigenvalue weighted by atomic mass is 10.1. The van der Waals surface area contributed by atoms with Gasteiger partial charge in [0.15, 0.2) is 0 Å². The second-order valence-corrected chi connectivity index (χ2v) is 3.79. The van der Waals surface area contributed by atoms with Crippen molar-refractivity contribution in [3.05, 3.63) is 33.3 Å². The number of nitriles is 1. The molecule has 0 amide bonds. The number of hydrogen-bond acceptors (Lipinski definition) is 4. The Kier molecular flexibility index (Phi) is 4.47. The molecule has 1 N–H and O–H groups in total. The first-order chi connectivity index (χ1) is 7.63. The van der Waals surface area contributed by atoms with E-state index in [1.54, 1.807) is 6.92 Å². The number of aliphatic hydroxyl groups excluding tert-OH is 1. The lowest BCUT2D eigenvalue weighted by Gasteiger charge is -2.07. The third-order valence-electron chi connectivity index (χ3n) is 1.93. The van der Waals surface area contributed by atoms with E-state index < -0.39 is 5.97 Å². The van der Waals surface area contributed by atoms with E-state index in [9.17, 15) is 4.79 Å². The average molecular weight is 284 g/mol. The summed E-state index contributed by atoms with van der Waals surface area (Å²) in [4.78, 5) is 11.6. The Balaban J connectivity index is 3.27. The standard InChI is InChI=1S/C11H10BrNO3/c1-2-16-11(15)9-4-7(6-14)3-8(5-13)10(9)12/h3-4,14H,2,6H2,1H3. The number of rotatable bonds is 3. The summed E-state index contributed by atoms with van der Waals surface area (Å²) in [6, 6.07) is 4.97. The van der Waals surface area contributed by atoms with Gasteiger partial charge in [0.05, 0.1) is 24.3 Å². The van der Waals surface area contributed by atoms with Crippen molar-refractivity contribution < 1.29 is 14.6 Å². The highest BCUT2D eigenvalue weighted by molar-refractivity contribution is 9.10. The Morgan fingerprint density at radius 2 is 2.31 bits per heavy atom. The van der Waals surface area contributed by atoms with Gasteiger partial charge in [-0.25, -0.2) is 4.79 Å². The summed E-state index contributed by atoms with van der Waals surface area (Å²) in [5, 5.41) is 17.9. The van der Waals surface area contributed by atoms with E-state index in [0.29, 0.717) is 15.6 Å². The van der Waals surface area contributed by atoms with Crippen LogP contribution in [0.25, 0.3) is 0 Å². The molecule has 4 nitrogen and oxygen atoms in total. The molecule has 0 spiro atoms. The fraction of sp³-hybridized carbons (Fsp3) is 0.273. The normalized spacial score (nSPS) is 9.62. The number of benzene rings is 1. The molecule has 0 fully saturated rings. The fourth-order valence-electron chi connectivity index (χ4n) is 1.21. The number of carbonyl (C=O) groups excluding carboxylic acids is 1. The van der Waals surface area contributed by atoms with Gasteiger partial charge in [-0.3, -0.25) is 0 Å². The van der Waals surface area contributed by atoms with E-state index in [-0.39, 0.29) is 18.8 Å². The molecular formula is C11H10BrNO3. The Bertz CT molecular complexity index is 451. The van der Waals surface area contributed by atoms with Crippen molar-refractivity contribution in [1.82, 2.24) is 0 Å². The maximum absolute atomic E-state index is 11.6. The van der Waals surface area contributed by atoms with Gasteiger partial charge in [-0.15, -0.1) is 0 Å². The lowest BCUT2D eigenvalue weighted by molar-refractivity contribution is 0.0525. The van der Waals surface area contributed by atoms with Gasteiger partial charge in [0.2, 0.25) is 0 Å². The molecule has 5 heteroatoms. The number of hydrogen-bond donors (Lipinski definition) is 1. The molecule has 0 aliphatic heterocycles. The minimum Gasteiger partial charge on any atom is -0.462 e. The van der Waals surface area contributed by atoms with Crippen molar-refractivity contribution >= 4 is 21.9 Å². The molecule has 84 valence electrons. The average Bonchev–Trinajstić information content (AvgIpc) is 2.29. The van der Waals surface area contributed by atoms with Crippen LogP contribution >= 0.6 is 15.9 Å². The van der Waals surface area contributed by atoms with Crippen LogP contribution in [0.5, 0.6) is 0 Å². The van der Waals surface area contributed by atoms with E-state index in [1.165, 1.54) is 12.1 Å². The summed E-state index contributed by atoms with van der Waals surface area (Å²) in [5.41, 5.74) is 1.06. The maximum Gasteiger partial charge on any atom is 0.339 e. The highest BCUT2D eigenvalue weighted by atomic mass is 79.9. The Labute approximate surface area is 102 Å². The van der Waals surface area contributed by atoms with Gasteiger partial charge in [-0.1, -0.05) is 0 Å². The first-order valence-electron chi connectivity index (χ1n) is 4.64. The van der Waals surface area contributed by atoms with E-state index in [0.717, 1.165) is 0 Å². The van der Waals surface area contributed by atoms with Gasteiger partial charge in [0, 0.05) is 4.47 Å². The minimum atomic E-state index is -0.513. The van der Waals surface area contributed by atoms with Gasteiger partial charge in [0.1, 0.15) is 6.07 Å². The van der Waals surface area contributed by atoms with E-state index in [1.807, 2.05) is 6.07 Å². The van der Waals surface area contributed by atoms with E-state index in [4.69, 9.17) is 15.1 Å². The van der Waals surface area contributed by atoms with E-state index in [2.05, 4.69) is 15.9 Å². The summed E-state index contributed by atoms with van der Waals surface area (Å²) >= 11 is 3.17. The molecule has 0 heterocycles. The molecule has 0 saturated carbocycles. The first kappa shape index (κ1) is 12.7. The fourth-order valence-corrected chi connectivity index (χ4v) is 1.69. The maximum atomic E-state index is 11.6. The molecule has 0 aliphatic rings. The molecule has 0 saturated heterocycles. The smallest absolute Gasteiger partial charge is 0.339 e. The Morgan fingerprint density at radius 1 is 1.62 bits per heavy atom. The third kappa shape index (κ3) is 2.60. The van der Waals surface area contributed by atoms with Crippen LogP contribution in [0.2, 0.25) is 0 Å². The Morgan fingerprint density at radius 3 is 2.81 bits per heavy atom. The zero-order valence-electron chi connectivity index (χ0n) is 8.66. The molecule has 0 bridgehead atoms. The van der Waals surface area contributed by atoms with Crippen molar-refractivity contribution in [1.29, 1.82) is 5.26 Å². The summed E-state index contributed by atoms with van der Waals surface area (Å²) in [6.45, 7) is 1.73. The molecular weight excluding hydrogens is 274 g/mol. The number of halogens is 1. The molecule has 0 aliphatic carbocycles. The highest BCUT2D eigenvalue weighted by Crippen LogP contribution is 2.24. The Hall–Kier alpha value is -1.38. The zero-order valence-corrected chi connectivity index (χ0v) is 10.2. The molecule has 0 radical (unpaired) electrons. The third-order valence-corrected chi connectivity index (χ3v) is 2.79. The second-order valence-electron chi connectivity index (χ2n) is 3.00. The summed E-state index contributed by atoms with van der Waals surface area (Å²) in [6.07, 6.45) is 0. The SMILES string of the molecule is CCOC(=O)c1cc(CO)cc(C#N)c1Br. The summed E-state index contributed by atoms with van der Waals surface area (Å²) < 4.78 is 5.24. The number of carbonyl (C=O) groups is 1. The number of nitrogens with zero attached hydrogens (tertiary/aromatic N) is 1. The second kappa shape index (κ2) is 5.64. The number of esters is 1. The van der Waals surface area contributed by atoms with Gasteiger partial charge in [-0.05, 0) is 40.5 Å². The molecule has 1 aromatic carbocycles. The highest BCUT2D eigenvalue weighted by Gasteiger charge is 2.15. The summed E-state index contributed by atoms with van der Waals surface area (Å²) in [7, 11) is 0. The number of aliphatic hydroxyl groups is 1. The van der Waals surface area contributed by atoms with Crippen LogP contribution in [0.4, 0.5) is 0 Å². The van der Waals surface area contributed by atoms with Crippen LogP contribution in [0.15, 0.2) is 16.6 Å².